The predicted octanol–water partition coefficient (Wildman–Crippen LogP) is 1.87. The summed E-state index contributed by atoms with van der Waals surface area (Å²) in [5.74, 6) is 0.716. The molecule has 0 aromatic heterocycles. The summed E-state index contributed by atoms with van der Waals surface area (Å²) in [7, 11) is 0. The van der Waals surface area contributed by atoms with Crippen LogP contribution in [0.5, 0.6) is 0 Å². The normalized spacial score (nSPS) is 22.2. The van der Waals surface area contributed by atoms with E-state index in [4.69, 9.17) is 5.73 Å². The number of hydrogen-bond donors (Lipinski definition) is 1. The first-order chi connectivity index (χ1) is 5.75. The van der Waals surface area contributed by atoms with E-state index in [1.807, 2.05) is 6.92 Å². The monoisotopic (exact) mass is 169 g/mol. The Kier molecular flexibility index (Phi) is 3.73. The summed E-state index contributed by atoms with van der Waals surface area (Å²) in [6.45, 7) is 1.89. The number of Topliss-reactive ketones (excluding diaryl/α,β-unsaturated/α-hetero) is 1. The van der Waals surface area contributed by atoms with Crippen molar-refractivity contribution in [1.82, 2.24) is 0 Å². The highest BCUT2D eigenvalue weighted by atomic mass is 16.1. The van der Waals surface area contributed by atoms with Crippen molar-refractivity contribution in [3.05, 3.63) is 0 Å². The summed E-state index contributed by atoms with van der Waals surface area (Å²) in [6.07, 6.45) is 6.76. The van der Waals surface area contributed by atoms with Gasteiger partial charge in [0.15, 0.2) is 0 Å². The summed E-state index contributed by atoms with van der Waals surface area (Å²) in [5, 5.41) is 0. The Morgan fingerprint density at radius 3 is 2.50 bits per heavy atom. The van der Waals surface area contributed by atoms with E-state index in [1.54, 1.807) is 0 Å². The van der Waals surface area contributed by atoms with Crippen LogP contribution in [0.4, 0.5) is 0 Å². The first-order valence-corrected chi connectivity index (χ1v) is 5.04. The molecule has 0 bridgehead atoms. The molecule has 1 fully saturated rings. The molecule has 0 aliphatic heterocycles. The van der Waals surface area contributed by atoms with E-state index < -0.39 is 0 Å². The van der Waals surface area contributed by atoms with Crippen molar-refractivity contribution in [2.24, 2.45) is 11.7 Å². The summed E-state index contributed by atoms with van der Waals surface area (Å²) in [5.41, 5.74) is 5.85. The maximum atomic E-state index is 11.3. The lowest BCUT2D eigenvalue weighted by atomic mass is 9.82. The smallest absolute Gasteiger partial charge is 0.149 e. The van der Waals surface area contributed by atoms with Crippen LogP contribution in [-0.2, 0) is 4.79 Å². The van der Waals surface area contributed by atoms with E-state index in [1.165, 1.54) is 19.3 Å². The van der Waals surface area contributed by atoms with E-state index in [0.717, 1.165) is 12.8 Å². The van der Waals surface area contributed by atoms with Gasteiger partial charge >= 0.3 is 0 Å². The van der Waals surface area contributed by atoms with Crippen molar-refractivity contribution < 1.29 is 4.79 Å². The van der Waals surface area contributed by atoms with E-state index in [0.29, 0.717) is 12.3 Å². The topological polar surface area (TPSA) is 43.1 Å². The van der Waals surface area contributed by atoms with Gasteiger partial charge in [-0.2, -0.15) is 0 Å². The van der Waals surface area contributed by atoms with Crippen LogP contribution in [0.3, 0.4) is 0 Å². The average molecular weight is 169 g/mol. The highest BCUT2D eigenvalue weighted by molar-refractivity contribution is 5.83. The minimum Gasteiger partial charge on any atom is -0.321 e. The lowest BCUT2D eigenvalue weighted by Crippen LogP contribution is -2.38. The van der Waals surface area contributed by atoms with Gasteiger partial charge in [-0.05, 0) is 18.8 Å². The van der Waals surface area contributed by atoms with Crippen LogP contribution >= 0.6 is 0 Å². The predicted molar refractivity (Wildman–Crippen MR) is 49.8 cm³/mol. The van der Waals surface area contributed by atoms with Crippen molar-refractivity contribution in [3.63, 3.8) is 0 Å². The van der Waals surface area contributed by atoms with Gasteiger partial charge in [-0.15, -0.1) is 0 Å². The van der Waals surface area contributed by atoms with Gasteiger partial charge in [0, 0.05) is 6.42 Å². The second-order valence-corrected chi connectivity index (χ2v) is 3.74. The Bertz CT molecular complexity index is 150. The molecule has 2 heteroatoms. The zero-order valence-electron chi connectivity index (χ0n) is 7.88. The SMILES string of the molecule is CCC(=O)C(N)C1CCCCC1. The van der Waals surface area contributed by atoms with Crippen LogP contribution in [0.1, 0.15) is 45.4 Å². The van der Waals surface area contributed by atoms with Gasteiger partial charge in [0.25, 0.3) is 0 Å². The van der Waals surface area contributed by atoms with E-state index >= 15 is 0 Å². The maximum Gasteiger partial charge on any atom is 0.149 e. The third-order valence-corrected chi connectivity index (χ3v) is 2.88. The van der Waals surface area contributed by atoms with E-state index in [-0.39, 0.29) is 11.8 Å². The number of rotatable bonds is 3. The van der Waals surface area contributed by atoms with Crippen LogP contribution in [0.2, 0.25) is 0 Å². The molecule has 1 aliphatic carbocycles. The quantitative estimate of drug-likeness (QED) is 0.701. The summed E-state index contributed by atoms with van der Waals surface area (Å²) in [4.78, 5) is 11.3. The fourth-order valence-corrected chi connectivity index (χ4v) is 1.99. The number of hydrogen-bond acceptors (Lipinski definition) is 2. The molecule has 0 amide bonds. The van der Waals surface area contributed by atoms with Gasteiger partial charge in [0.1, 0.15) is 5.78 Å². The maximum absolute atomic E-state index is 11.3. The minimum atomic E-state index is -0.171. The van der Waals surface area contributed by atoms with Crippen LogP contribution in [0.25, 0.3) is 0 Å². The Labute approximate surface area is 74.5 Å². The molecular formula is C10H19NO. The standard InChI is InChI=1S/C10H19NO/c1-2-9(12)10(11)8-6-4-3-5-7-8/h8,10H,2-7,11H2,1H3. The number of nitrogens with two attached hydrogens (primary N) is 1. The highest BCUT2D eigenvalue weighted by Crippen LogP contribution is 2.26. The van der Waals surface area contributed by atoms with Crippen LogP contribution < -0.4 is 5.73 Å². The first-order valence-electron chi connectivity index (χ1n) is 5.04. The van der Waals surface area contributed by atoms with Gasteiger partial charge in [-0.1, -0.05) is 26.2 Å². The second kappa shape index (κ2) is 4.61. The van der Waals surface area contributed by atoms with Crippen LogP contribution in [-0.4, -0.2) is 11.8 Å². The molecule has 2 N–H and O–H groups in total. The fraction of sp³-hybridized carbons (Fsp3) is 0.900. The van der Waals surface area contributed by atoms with E-state index in [9.17, 15) is 4.79 Å². The van der Waals surface area contributed by atoms with Crippen LogP contribution in [0.15, 0.2) is 0 Å². The molecule has 1 saturated carbocycles. The zero-order chi connectivity index (χ0) is 8.97. The van der Waals surface area contributed by atoms with Gasteiger partial charge in [0.05, 0.1) is 6.04 Å². The van der Waals surface area contributed by atoms with Crippen molar-refractivity contribution in [3.8, 4) is 0 Å². The highest BCUT2D eigenvalue weighted by Gasteiger charge is 2.24. The summed E-state index contributed by atoms with van der Waals surface area (Å²) >= 11 is 0. The second-order valence-electron chi connectivity index (χ2n) is 3.74. The molecule has 1 rings (SSSR count). The third-order valence-electron chi connectivity index (χ3n) is 2.88. The summed E-state index contributed by atoms with van der Waals surface area (Å²) in [6, 6.07) is -0.171. The molecule has 70 valence electrons. The lowest BCUT2D eigenvalue weighted by Gasteiger charge is -2.26. The van der Waals surface area contributed by atoms with Crippen LogP contribution in [0, 0.1) is 5.92 Å². The van der Waals surface area contributed by atoms with Gasteiger partial charge < -0.3 is 5.73 Å². The number of ketones is 1. The average Bonchev–Trinajstić information content (AvgIpc) is 2.17. The number of carbonyl (C=O) groups excluding carboxylic acids is 1. The Hall–Kier alpha value is -0.370. The molecule has 0 saturated heterocycles. The summed E-state index contributed by atoms with van der Waals surface area (Å²) < 4.78 is 0. The molecular weight excluding hydrogens is 150 g/mol. The molecule has 0 radical (unpaired) electrons. The molecule has 1 unspecified atom stereocenters. The molecule has 0 heterocycles. The van der Waals surface area contributed by atoms with Crippen molar-refractivity contribution >= 4 is 5.78 Å². The van der Waals surface area contributed by atoms with Crippen molar-refractivity contribution in [1.29, 1.82) is 0 Å². The molecule has 12 heavy (non-hydrogen) atoms. The Morgan fingerprint density at radius 1 is 1.42 bits per heavy atom. The lowest BCUT2D eigenvalue weighted by molar-refractivity contribution is -0.121. The van der Waals surface area contributed by atoms with Crippen molar-refractivity contribution in [2.75, 3.05) is 0 Å². The van der Waals surface area contributed by atoms with Gasteiger partial charge in [0.2, 0.25) is 0 Å². The molecule has 2 nitrogen and oxygen atoms in total. The Morgan fingerprint density at radius 2 is 2.00 bits per heavy atom. The van der Waals surface area contributed by atoms with Gasteiger partial charge in [-0.25, -0.2) is 0 Å². The molecule has 1 atom stereocenters. The molecule has 0 aromatic carbocycles. The Balaban J connectivity index is 2.39. The van der Waals surface area contributed by atoms with E-state index in [2.05, 4.69) is 0 Å². The largest absolute Gasteiger partial charge is 0.321 e. The molecule has 0 aromatic rings. The van der Waals surface area contributed by atoms with Gasteiger partial charge in [-0.3, -0.25) is 4.79 Å². The van der Waals surface area contributed by atoms with Crippen molar-refractivity contribution in [2.45, 2.75) is 51.5 Å². The third kappa shape index (κ3) is 2.31. The minimum absolute atomic E-state index is 0.171. The first kappa shape index (κ1) is 9.72. The molecule has 1 aliphatic rings. The molecule has 0 spiro atoms. The zero-order valence-corrected chi connectivity index (χ0v) is 7.88. The fourth-order valence-electron chi connectivity index (χ4n) is 1.99. The number of carbonyl (C=O) groups is 1.